The van der Waals surface area contributed by atoms with Gasteiger partial charge in [0.15, 0.2) is 0 Å². The zero-order chi connectivity index (χ0) is 15.7. The number of thiophene rings is 1. The van der Waals surface area contributed by atoms with Crippen molar-refractivity contribution in [1.82, 2.24) is 14.6 Å². The average Bonchev–Trinajstić information content (AvgIpc) is 2.91. The van der Waals surface area contributed by atoms with Crippen molar-refractivity contribution in [3.63, 3.8) is 0 Å². The van der Waals surface area contributed by atoms with Gasteiger partial charge in [-0.2, -0.15) is 9.78 Å². The molecule has 0 aliphatic carbocycles. The van der Waals surface area contributed by atoms with Crippen LogP contribution >= 0.6 is 11.3 Å². The molecule has 0 N–H and O–H groups in total. The van der Waals surface area contributed by atoms with Crippen LogP contribution in [0.3, 0.4) is 0 Å². The van der Waals surface area contributed by atoms with Gasteiger partial charge in [-0.15, -0.1) is 11.3 Å². The zero-order valence-electron chi connectivity index (χ0n) is 12.6. The Labute approximate surface area is 132 Å². The molecule has 0 aliphatic heterocycles. The Morgan fingerprint density at radius 2 is 2.00 bits per heavy atom. The molecule has 3 rings (SSSR count). The van der Waals surface area contributed by atoms with Crippen molar-refractivity contribution >= 4 is 27.9 Å². The third kappa shape index (κ3) is 2.53. The number of aryl methyl sites for hydroxylation is 1. The van der Waals surface area contributed by atoms with Crippen LogP contribution in [0.15, 0.2) is 45.6 Å². The first-order valence-corrected chi connectivity index (χ1v) is 7.73. The van der Waals surface area contributed by atoms with Crippen LogP contribution in [0.25, 0.3) is 21.3 Å². The van der Waals surface area contributed by atoms with E-state index in [1.165, 1.54) is 16.0 Å². The van der Waals surface area contributed by atoms with Gasteiger partial charge in [-0.3, -0.25) is 4.79 Å². The number of benzene rings is 1. The molecule has 3 aromatic rings. The summed E-state index contributed by atoms with van der Waals surface area (Å²) in [5.41, 5.74) is 1.78. The maximum Gasteiger partial charge on any atom is 0.283 e. The second-order valence-electron chi connectivity index (χ2n) is 5.17. The molecular weight excluding hydrogens is 296 g/mol. The Balaban J connectivity index is 2.27. The summed E-state index contributed by atoms with van der Waals surface area (Å²) in [7, 11) is 3.71. The van der Waals surface area contributed by atoms with Gasteiger partial charge in [0.25, 0.3) is 5.56 Å². The molecule has 0 fully saturated rings. The smallest absolute Gasteiger partial charge is 0.283 e. The average molecular weight is 312 g/mol. The van der Waals surface area contributed by atoms with E-state index in [1.54, 1.807) is 18.2 Å². The highest BCUT2D eigenvalue weighted by Crippen LogP contribution is 2.30. The summed E-state index contributed by atoms with van der Waals surface area (Å²) in [5, 5.41) is 6.82. The summed E-state index contributed by atoms with van der Waals surface area (Å²) in [6.07, 6.45) is 1.59. The number of fused-ring (bicyclic) bond motifs is 1. The fourth-order valence-electron chi connectivity index (χ4n) is 2.20. The predicted octanol–water partition coefficient (Wildman–Crippen LogP) is 2.79. The SMILES string of the molecule is Cc1nc2scc(-c3ccccc3)c2c(=O)n1/N=C\N(C)C. The quantitative estimate of drug-likeness (QED) is 0.552. The van der Waals surface area contributed by atoms with Crippen LogP contribution in [0.2, 0.25) is 0 Å². The molecule has 0 atom stereocenters. The highest BCUT2D eigenvalue weighted by molar-refractivity contribution is 7.17. The van der Waals surface area contributed by atoms with E-state index in [1.807, 2.05) is 49.8 Å². The van der Waals surface area contributed by atoms with Gasteiger partial charge in [-0.1, -0.05) is 30.3 Å². The van der Waals surface area contributed by atoms with E-state index in [0.717, 1.165) is 16.0 Å². The minimum absolute atomic E-state index is 0.138. The van der Waals surface area contributed by atoms with E-state index in [9.17, 15) is 4.79 Å². The lowest BCUT2D eigenvalue weighted by Crippen LogP contribution is -2.22. The van der Waals surface area contributed by atoms with Crippen LogP contribution in [0.4, 0.5) is 0 Å². The first kappa shape index (κ1) is 14.5. The minimum atomic E-state index is -0.138. The molecule has 22 heavy (non-hydrogen) atoms. The van der Waals surface area contributed by atoms with Crippen LogP contribution < -0.4 is 5.56 Å². The topological polar surface area (TPSA) is 50.5 Å². The van der Waals surface area contributed by atoms with Crippen LogP contribution in [0.5, 0.6) is 0 Å². The minimum Gasteiger partial charge on any atom is -0.367 e. The summed E-state index contributed by atoms with van der Waals surface area (Å²) in [4.78, 5) is 19.9. The Bertz CT molecular complexity index is 894. The number of rotatable bonds is 3. The summed E-state index contributed by atoms with van der Waals surface area (Å²) in [6.45, 7) is 1.79. The second kappa shape index (κ2) is 5.73. The lowest BCUT2D eigenvalue weighted by atomic mass is 10.1. The molecule has 112 valence electrons. The van der Waals surface area contributed by atoms with Gasteiger partial charge >= 0.3 is 0 Å². The molecule has 0 spiro atoms. The van der Waals surface area contributed by atoms with E-state index in [0.29, 0.717) is 11.2 Å². The molecule has 2 heterocycles. The van der Waals surface area contributed by atoms with Gasteiger partial charge in [0.05, 0.1) is 5.39 Å². The van der Waals surface area contributed by atoms with Gasteiger partial charge < -0.3 is 4.90 Å². The summed E-state index contributed by atoms with van der Waals surface area (Å²) in [5.74, 6) is 0.581. The van der Waals surface area contributed by atoms with E-state index in [4.69, 9.17) is 0 Å². The van der Waals surface area contributed by atoms with Crippen LogP contribution in [-0.2, 0) is 0 Å². The molecule has 0 unspecified atom stereocenters. The molecule has 0 radical (unpaired) electrons. The monoisotopic (exact) mass is 312 g/mol. The van der Waals surface area contributed by atoms with Crippen molar-refractivity contribution in [3.05, 3.63) is 51.9 Å². The Morgan fingerprint density at radius 3 is 2.68 bits per heavy atom. The maximum absolute atomic E-state index is 12.8. The largest absolute Gasteiger partial charge is 0.367 e. The molecular formula is C16H16N4OS. The number of hydrogen-bond donors (Lipinski definition) is 0. The van der Waals surface area contributed by atoms with Gasteiger partial charge in [-0.05, 0) is 12.5 Å². The predicted molar refractivity (Wildman–Crippen MR) is 91.6 cm³/mol. The van der Waals surface area contributed by atoms with Crippen LogP contribution in [0, 0.1) is 6.92 Å². The van der Waals surface area contributed by atoms with Crippen LogP contribution in [-0.4, -0.2) is 35.0 Å². The molecule has 2 aromatic heterocycles. The molecule has 5 nitrogen and oxygen atoms in total. The Kier molecular flexibility index (Phi) is 3.77. The Hall–Kier alpha value is -2.47. The fourth-order valence-corrected chi connectivity index (χ4v) is 3.19. The first-order chi connectivity index (χ1) is 10.6. The fraction of sp³-hybridized carbons (Fsp3) is 0.188. The first-order valence-electron chi connectivity index (χ1n) is 6.85. The third-order valence-corrected chi connectivity index (χ3v) is 4.10. The van der Waals surface area contributed by atoms with Crippen molar-refractivity contribution in [3.8, 4) is 11.1 Å². The highest BCUT2D eigenvalue weighted by atomic mass is 32.1. The van der Waals surface area contributed by atoms with Gasteiger partial charge in [-0.25, -0.2) is 4.98 Å². The highest BCUT2D eigenvalue weighted by Gasteiger charge is 2.14. The van der Waals surface area contributed by atoms with E-state index < -0.39 is 0 Å². The van der Waals surface area contributed by atoms with Crippen molar-refractivity contribution in [2.75, 3.05) is 14.1 Å². The molecule has 0 saturated heterocycles. The molecule has 1 aromatic carbocycles. The lowest BCUT2D eigenvalue weighted by Gasteiger charge is -2.07. The van der Waals surface area contributed by atoms with Crippen molar-refractivity contribution in [1.29, 1.82) is 0 Å². The Morgan fingerprint density at radius 1 is 1.27 bits per heavy atom. The molecule has 0 amide bonds. The molecule has 0 saturated carbocycles. The number of hydrogen-bond acceptors (Lipinski definition) is 4. The standard InChI is InChI=1S/C16H16N4OS/c1-11-18-15-14(16(21)20(11)17-10-19(2)3)13(9-22-15)12-7-5-4-6-8-12/h4-10H,1-3H3/b17-10-. The van der Waals surface area contributed by atoms with Gasteiger partial charge in [0.2, 0.25) is 0 Å². The third-order valence-electron chi connectivity index (χ3n) is 3.23. The van der Waals surface area contributed by atoms with Crippen molar-refractivity contribution in [2.24, 2.45) is 5.10 Å². The second-order valence-corrected chi connectivity index (χ2v) is 6.02. The molecule has 0 aliphatic rings. The van der Waals surface area contributed by atoms with Crippen molar-refractivity contribution in [2.45, 2.75) is 6.92 Å². The van der Waals surface area contributed by atoms with E-state index >= 15 is 0 Å². The number of aromatic nitrogens is 2. The van der Waals surface area contributed by atoms with Crippen LogP contribution in [0.1, 0.15) is 5.82 Å². The summed E-state index contributed by atoms with van der Waals surface area (Å²) >= 11 is 1.48. The maximum atomic E-state index is 12.8. The number of nitrogens with zero attached hydrogens (tertiary/aromatic N) is 4. The zero-order valence-corrected chi connectivity index (χ0v) is 13.5. The summed E-state index contributed by atoms with van der Waals surface area (Å²) < 4.78 is 1.35. The normalized spacial score (nSPS) is 11.4. The van der Waals surface area contributed by atoms with Gasteiger partial charge in [0, 0.05) is 25.0 Å². The van der Waals surface area contributed by atoms with Gasteiger partial charge in [0.1, 0.15) is 17.0 Å². The van der Waals surface area contributed by atoms with E-state index in [-0.39, 0.29) is 5.56 Å². The van der Waals surface area contributed by atoms with E-state index in [2.05, 4.69) is 10.1 Å². The molecule has 0 bridgehead atoms. The summed E-state index contributed by atoms with van der Waals surface area (Å²) in [6, 6.07) is 9.87. The lowest BCUT2D eigenvalue weighted by molar-refractivity contribution is 0.626. The molecule has 6 heteroatoms. The van der Waals surface area contributed by atoms with Crippen molar-refractivity contribution < 1.29 is 0 Å².